The van der Waals surface area contributed by atoms with Crippen molar-refractivity contribution in [2.45, 2.75) is 39.7 Å². The van der Waals surface area contributed by atoms with Gasteiger partial charge in [-0.1, -0.05) is 13.8 Å². The van der Waals surface area contributed by atoms with E-state index in [4.69, 9.17) is 0 Å². The summed E-state index contributed by atoms with van der Waals surface area (Å²) < 4.78 is 4.67. The highest BCUT2D eigenvalue weighted by atomic mass is 16.5. The average Bonchev–Trinajstić information content (AvgIpc) is 2.43. The van der Waals surface area contributed by atoms with Crippen LogP contribution in [0.4, 0.5) is 4.79 Å². The van der Waals surface area contributed by atoms with Crippen molar-refractivity contribution in [3.8, 4) is 0 Å². The van der Waals surface area contributed by atoms with E-state index < -0.39 is 29.4 Å². The normalized spacial score (nSPS) is 23.6. The second-order valence-corrected chi connectivity index (χ2v) is 6.09. The van der Waals surface area contributed by atoms with Gasteiger partial charge in [0.2, 0.25) is 0 Å². The minimum atomic E-state index is -0.936. The Hall–Kier alpha value is -1.79. The zero-order chi connectivity index (χ0) is 16.2. The number of carboxylic acids is 1. The topological polar surface area (TPSA) is 95.9 Å². The van der Waals surface area contributed by atoms with E-state index in [0.29, 0.717) is 19.4 Å². The molecule has 7 nitrogen and oxygen atoms in total. The minimum Gasteiger partial charge on any atom is -0.481 e. The molecule has 0 radical (unpaired) electrons. The van der Waals surface area contributed by atoms with Gasteiger partial charge in [-0.3, -0.25) is 4.79 Å². The van der Waals surface area contributed by atoms with Crippen molar-refractivity contribution in [2.75, 3.05) is 20.2 Å². The lowest BCUT2D eigenvalue weighted by atomic mass is 9.82. The Morgan fingerprint density at radius 2 is 1.95 bits per heavy atom. The van der Waals surface area contributed by atoms with Crippen LogP contribution in [0.1, 0.15) is 33.6 Å². The number of methoxy groups -OCH3 is 1. The number of carbonyl (C=O) groups excluding carboxylic acids is 2. The van der Waals surface area contributed by atoms with Crippen LogP contribution >= 0.6 is 0 Å². The number of amides is 2. The average molecular weight is 300 g/mol. The van der Waals surface area contributed by atoms with Crippen molar-refractivity contribution in [3.05, 3.63) is 0 Å². The van der Waals surface area contributed by atoms with E-state index in [1.54, 1.807) is 20.8 Å². The summed E-state index contributed by atoms with van der Waals surface area (Å²) >= 11 is 0. The lowest BCUT2D eigenvalue weighted by molar-refractivity contribution is -0.150. The van der Waals surface area contributed by atoms with Crippen LogP contribution in [0, 0.1) is 11.3 Å². The number of likely N-dealkylation sites (tertiary alicyclic amines) is 1. The Morgan fingerprint density at radius 1 is 1.33 bits per heavy atom. The molecule has 2 unspecified atom stereocenters. The lowest BCUT2D eigenvalue weighted by Crippen LogP contribution is -2.55. The van der Waals surface area contributed by atoms with Crippen LogP contribution in [-0.2, 0) is 14.3 Å². The number of urea groups is 1. The fourth-order valence-electron chi connectivity index (χ4n) is 2.44. The molecule has 1 aliphatic rings. The van der Waals surface area contributed by atoms with Crippen molar-refractivity contribution in [1.82, 2.24) is 10.2 Å². The molecule has 0 bridgehead atoms. The highest BCUT2D eigenvalue weighted by Crippen LogP contribution is 2.29. The van der Waals surface area contributed by atoms with Crippen molar-refractivity contribution in [1.29, 1.82) is 0 Å². The van der Waals surface area contributed by atoms with Crippen molar-refractivity contribution in [3.63, 3.8) is 0 Å². The highest BCUT2D eigenvalue weighted by molar-refractivity contribution is 5.84. The quantitative estimate of drug-likeness (QED) is 0.757. The molecule has 1 heterocycles. The molecular weight excluding hydrogens is 276 g/mol. The van der Waals surface area contributed by atoms with Crippen LogP contribution in [-0.4, -0.2) is 54.2 Å². The predicted octanol–water partition coefficient (Wildman–Crippen LogP) is 1.08. The second-order valence-electron chi connectivity index (χ2n) is 6.09. The number of nitrogens with one attached hydrogen (secondary N) is 1. The van der Waals surface area contributed by atoms with Crippen LogP contribution < -0.4 is 5.32 Å². The first-order valence-electron chi connectivity index (χ1n) is 7.08. The monoisotopic (exact) mass is 300 g/mol. The number of carboxylic acid groups (broad SMARTS) is 1. The standard InChI is InChI=1S/C14H24N2O5/c1-9(2)10(11(17)21-4)15-13(20)16-7-5-6-14(3,8-16)12(18)19/h9-10H,5-8H2,1-4H3,(H,15,20)(H,18,19). The highest BCUT2D eigenvalue weighted by Gasteiger charge is 2.40. The molecule has 120 valence electrons. The molecule has 0 aliphatic carbocycles. The SMILES string of the molecule is COC(=O)C(NC(=O)N1CCCC(C)(C(=O)O)C1)C(C)C. The van der Waals surface area contributed by atoms with E-state index in [2.05, 4.69) is 10.1 Å². The molecule has 1 aliphatic heterocycles. The summed E-state index contributed by atoms with van der Waals surface area (Å²) in [5, 5.41) is 11.9. The molecule has 21 heavy (non-hydrogen) atoms. The van der Waals surface area contributed by atoms with Crippen LogP contribution in [0.2, 0.25) is 0 Å². The number of aliphatic carboxylic acids is 1. The molecule has 0 aromatic rings. The van der Waals surface area contributed by atoms with Crippen molar-refractivity contribution < 1.29 is 24.2 Å². The molecule has 1 fully saturated rings. The summed E-state index contributed by atoms with van der Waals surface area (Å²) in [7, 11) is 1.27. The van der Waals surface area contributed by atoms with Crippen LogP contribution in [0.5, 0.6) is 0 Å². The first kappa shape index (κ1) is 17.3. The fourth-order valence-corrected chi connectivity index (χ4v) is 2.44. The second kappa shape index (κ2) is 6.78. The number of nitrogens with zero attached hydrogens (tertiary/aromatic N) is 1. The van der Waals surface area contributed by atoms with Gasteiger partial charge in [-0.15, -0.1) is 0 Å². The van der Waals surface area contributed by atoms with E-state index in [9.17, 15) is 19.5 Å². The minimum absolute atomic E-state index is 0.114. The van der Waals surface area contributed by atoms with Gasteiger partial charge in [0.25, 0.3) is 0 Å². The molecule has 0 aromatic carbocycles. The summed E-state index contributed by atoms with van der Waals surface area (Å²) in [4.78, 5) is 36.7. The van der Waals surface area contributed by atoms with Crippen LogP contribution in [0.15, 0.2) is 0 Å². The third-order valence-corrected chi connectivity index (χ3v) is 3.90. The van der Waals surface area contributed by atoms with Crippen molar-refractivity contribution in [2.24, 2.45) is 11.3 Å². The maximum Gasteiger partial charge on any atom is 0.328 e. The first-order valence-corrected chi connectivity index (χ1v) is 7.08. The third-order valence-electron chi connectivity index (χ3n) is 3.90. The number of rotatable bonds is 4. The van der Waals surface area contributed by atoms with E-state index in [0.717, 1.165) is 0 Å². The largest absolute Gasteiger partial charge is 0.481 e. The van der Waals surface area contributed by atoms with Gasteiger partial charge in [0.05, 0.1) is 12.5 Å². The maximum atomic E-state index is 12.3. The molecule has 2 N–H and O–H groups in total. The van der Waals surface area contributed by atoms with Gasteiger partial charge in [-0.2, -0.15) is 0 Å². The predicted molar refractivity (Wildman–Crippen MR) is 75.7 cm³/mol. The van der Waals surface area contributed by atoms with E-state index >= 15 is 0 Å². The van der Waals surface area contributed by atoms with E-state index in [1.165, 1.54) is 12.0 Å². The smallest absolute Gasteiger partial charge is 0.328 e. The zero-order valence-electron chi connectivity index (χ0n) is 13.0. The van der Waals surface area contributed by atoms with Gasteiger partial charge in [-0.05, 0) is 25.7 Å². The number of hydrogen-bond acceptors (Lipinski definition) is 4. The van der Waals surface area contributed by atoms with E-state index in [-0.39, 0.29) is 12.5 Å². The third kappa shape index (κ3) is 4.09. The van der Waals surface area contributed by atoms with Gasteiger partial charge < -0.3 is 20.1 Å². The number of ether oxygens (including phenoxy) is 1. The molecule has 2 amide bonds. The van der Waals surface area contributed by atoms with Crippen LogP contribution in [0.25, 0.3) is 0 Å². The van der Waals surface area contributed by atoms with Gasteiger partial charge in [0.1, 0.15) is 6.04 Å². The molecular formula is C14H24N2O5. The summed E-state index contributed by atoms with van der Waals surface area (Å²) in [5.41, 5.74) is -0.936. The maximum absolute atomic E-state index is 12.3. The molecule has 0 saturated carbocycles. The number of hydrogen-bond donors (Lipinski definition) is 2. The van der Waals surface area contributed by atoms with E-state index in [1.807, 2.05) is 0 Å². The lowest BCUT2D eigenvalue weighted by Gasteiger charge is -2.38. The Morgan fingerprint density at radius 3 is 2.43 bits per heavy atom. The van der Waals surface area contributed by atoms with Gasteiger partial charge in [0, 0.05) is 13.1 Å². The zero-order valence-corrected chi connectivity index (χ0v) is 13.0. The Labute approximate surface area is 124 Å². The molecule has 0 spiro atoms. The van der Waals surface area contributed by atoms with Crippen LogP contribution in [0.3, 0.4) is 0 Å². The molecule has 7 heteroatoms. The first-order chi connectivity index (χ1) is 9.71. The summed E-state index contributed by atoms with van der Waals surface area (Å²) in [6.45, 7) is 5.87. The van der Waals surface area contributed by atoms with Crippen molar-refractivity contribution >= 4 is 18.0 Å². The fraction of sp³-hybridized carbons (Fsp3) is 0.786. The van der Waals surface area contributed by atoms with Gasteiger partial charge >= 0.3 is 18.0 Å². The van der Waals surface area contributed by atoms with Gasteiger partial charge in [0.15, 0.2) is 0 Å². The number of esters is 1. The van der Waals surface area contributed by atoms with Gasteiger partial charge in [-0.25, -0.2) is 9.59 Å². The summed E-state index contributed by atoms with van der Waals surface area (Å²) in [6.07, 6.45) is 1.16. The summed E-state index contributed by atoms with van der Waals surface area (Å²) in [5.74, 6) is -1.53. The number of piperidine rings is 1. The Bertz CT molecular complexity index is 424. The molecule has 0 aromatic heterocycles. The summed E-state index contributed by atoms with van der Waals surface area (Å²) in [6, 6.07) is -1.16. The molecule has 1 rings (SSSR count). The Kier molecular flexibility index (Phi) is 5.57. The molecule has 2 atom stereocenters. The number of carbonyl (C=O) groups is 3. The Balaban J connectivity index is 2.74. The molecule has 1 saturated heterocycles.